The van der Waals surface area contributed by atoms with Crippen molar-refractivity contribution in [2.75, 3.05) is 11.1 Å². The van der Waals surface area contributed by atoms with Crippen LogP contribution in [0.1, 0.15) is 20.9 Å². The van der Waals surface area contributed by atoms with Crippen LogP contribution in [0.5, 0.6) is 0 Å². The highest BCUT2D eigenvalue weighted by atomic mass is 35.5. The number of carbonyl (C=O) groups is 1. The maximum absolute atomic E-state index is 12.9. The number of alkyl halides is 3. The van der Waals surface area contributed by atoms with E-state index < -0.39 is 17.8 Å². The Bertz CT molecular complexity index is 1010. The number of pyridine rings is 1. The average Bonchev–Trinajstić information content (AvgIpc) is 2.87. The molecule has 2 heterocycles. The molecular formula is C16H10Cl2F3N3OS. The molecule has 26 heavy (non-hydrogen) atoms. The van der Waals surface area contributed by atoms with E-state index in [1.54, 1.807) is 18.2 Å². The molecule has 136 valence electrons. The molecule has 1 amide bonds. The van der Waals surface area contributed by atoms with Crippen LogP contribution < -0.4 is 11.1 Å². The zero-order valence-electron chi connectivity index (χ0n) is 13.0. The van der Waals surface area contributed by atoms with Gasteiger partial charge in [-0.15, -0.1) is 11.3 Å². The number of hydrogen-bond acceptors (Lipinski definition) is 4. The Hall–Kier alpha value is -2.03. The lowest BCUT2D eigenvalue weighted by Gasteiger charge is -2.08. The minimum absolute atomic E-state index is 0.0326. The molecule has 0 aliphatic carbocycles. The van der Waals surface area contributed by atoms with Crippen LogP contribution >= 0.6 is 34.5 Å². The van der Waals surface area contributed by atoms with E-state index in [4.69, 9.17) is 28.9 Å². The predicted molar refractivity (Wildman–Crippen MR) is 98.2 cm³/mol. The first kappa shape index (κ1) is 18.8. The average molecular weight is 420 g/mol. The van der Waals surface area contributed by atoms with E-state index in [2.05, 4.69) is 10.3 Å². The van der Waals surface area contributed by atoms with Crippen LogP contribution in [0.25, 0.3) is 10.2 Å². The fraction of sp³-hybridized carbons (Fsp3) is 0.125. The number of halogens is 5. The van der Waals surface area contributed by atoms with Gasteiger partial charge < -0.3 is 11.1 Å². The number of benzene rings is 1. The molecule has 2 aromatic heterocycles. The summed E-state index contributed by atoms with van der Waals surface area (Å²) in [7, 11) is 0. The molecule has 0 aliphatic rings. The number of aromatic nitrogens is 1. The number of carbonyl (C=O) groups excluding carboxylic acids is 1. The van der Waals surface area contributed by atoms with Crippen LogP contribution in [0.3, 0.4) is 0 Å². The summed E-state index contributed by atoms with van der Waals surface area (Å²) in [6.45, 7) is 1.48. The molecule has 0 unspecified atom stereocenters. The number of nitrogens with two attached hydrogens (primary N) is 1. The normalized spacial score (nSPS) is 11.8. The SMILES string of the molecule is Cc1cc(C(F)(F)F)nc2sc(C(=O)Nc3c(Cl)cccc3Cl)c(N)c12. The summed E-state index contributed by atoms with van der Waals surface area (Å²) in [5, 5.41) is 3.30. The molecule has 10 heteroatoms. The van der Waals surface area contributed by atoms with Gasteiger partial charge in [-0.05, 0) is 30.7 Å². The summed E-state index contributed by atoms with van der Waals surface area (Å²) in [6.07, 6.45) is -4.59. The van der Waals surface area contributed by atoms with Gasteiger partial charge in [0.05, 0.1) is 21.4 Å². The minimum Gasteiger partial charge on any atom is -0.397 e. The maximum Gasteiger partial charge on any atom is 0.433 e. The third-order valence-corrected chi connectivity index (χ3v) is 5.32. The molecule has 0 aliphatic heterocycles. The third kappa shape index (κ3) is 3.32. The predicted octanol–water partition coefficient (Wildman–Crippen LogP) is 5.76. The van der Waals surface area contributed by atoms with Crippen LogP contribution in [-0.2, 0) is 6.18 Å². The molecule has 0 radical (unpaired) electrons. The van der Waals surface area contributed by atoms with Crippen molar-refractivity contribution in [3.05, 3.63) is 50.4 Å². The molecule has 3 N–H and O–H groups in total. The van der Waals surface area contributed by atoms with E-state index in [9.17, 15) is 18.0 Å². The first-order valence-electron chi connectivity index (χ1n) is 7.11. The zero-order chi connectivity index (χ0) is 19.2. The largest absolute Gasteiger partial charge is 0.433 e. The van der Waals surface area contributed by atoms with Crippen LogP contribution in [0.2, 0.25) is 10.0 Å². The molecule has 0 saturated carbocycles. The second-order valence-corrected chi connectivity index (χ2v) is 7.21. The fourth-order valence-corrected chi connectivity index (χ4v) is 3.97. The van der Waals surface area contributed by atoms with Crippen molar-refractivity contribution >= 4 is 62.0 Å². The van der Waals surface area contributed by atoms with Gasteiger partial charge in [0.15, 0.2) is 0 Å². The Kier molecular flexibility index (Phi) is 4.76. The highest BCUT2D eigenvalue weighted by molar-refractivity contribution is 7.21. The molecule has 0 fully saturated rings. The lowest BCUT2D eigenvalue weighted by atomic mass is 10.1. The molecule has 4 nitrogen and oxygen atoms in total. The smallest absolute Gasteiger partial charge is 0.397 e. The van der Waals surface area contributed by atoms with Gasteiger partial charge in [0.2, 0.25) is 0 Å². The van der Waals surface area contributed by atoms with Gasteiger partial charge >= 0.3 is 6.18 Å². The summed E-state index contributed by atoms with van der Waals surface area (Å²) >= 11 is 12.8. The van der Waals surface area contributed by atoms with E-state index in [0.717, 1.165) is 17.4 Å². The highest BCUT2D eigenvalue weighted by Gasteiger charge is 2.34. The number of hydrogen-bond donors (Lipinski definition) is 2. The summed E-state index contributed by atoms with van der Waals surface area (Å²) < 4.78 is 38.8. The number of anilines is 2. The molecule has 1 aromatic carbocycles. The Labute approximate surface area is 159 Å². The Morgan fingerprint density at radius 1 is 1.27 bits per heavy atom. The lowest BCUT2D eigenvalue weighted by Crippen LogP contribution is -2.12. The second kappa shape index (κ2) is 6.61. The quantitative estimate of drug-likeness (QED) is 0.554. The lowest BCUT2D eigenvalue weighted by molar-refractivity contribution is -0.141. The van der Waals surface area contributed by atoms with Gasteiger partial charge in [0.1, 0.15) is 15.4 Å². The van der Waals surface area contributed by atoms with Crippen LogP contribution in [0.15, 0.2) is 24.3 Å². The molecule has 0 spiro atoms. The van der Waals surface area contributed by atoms with E-state index in [1.165, 1.54) is 6.92 Å². The molecule has 0 atom stereocenters. The standard InChI is InChI=1S/C16H10Cl2F3N3OS/c1-6-5-9(16(19,20)21)23-15-10(6)11(22)13(26-15)14(25)24-12-7(17)3-2-4-8(12)18/h2-5H,22H2,1H3,(H,24,25). The molecule has 0 saturated heterocycles. The van der Waals surface area contributed by atoms with Gasteiger partial charge in [-0.1, -0.05) is 29.3 Å². The second-order valence-electron chi connectivity index (χ2n) is 5.40. The zero-order valence-corrected chi connectivity index (χ0v) is 15.4. The van der Waals surface area contributed by atoms with E-state index in [-0.39, 0.29) is 36.7 Å². The van der Waals surface area contributed by atoms with Gasteiger partial charge in [-0.3, -0.25) is 4.79 Å². The van der Waals surface area contributed by atoms with Crippen molar-refractivity contribution in [3.63, 3.8) is 0 Å². The van der Waals surface area contributed by atoms with Crippen LogP contribution in [0.4, 0.5) is 24.5 Å². The van der Waals surface area contributed by atoms with E-state index >= 15 is 0 Å². The van der Waals surface area contributed by atoms with Crippen molar-refractivity contribution in [1.29, 1.82) is 0 Å². The minimum atomic E-state index is -4.59. The van der Waals surface area contributed by atoms with Gasteiger partial charge in [-0.25, -0.2) is 4.98 Å². The summed E-state index contributed by atoms with van der Waals surface area (Å²) in [5.41, 5.74) is 5.49. The highest BCUT2D eigenvalue weighted by Crippen LogP contribution is 2.39. The van der Waals surface area contributed by atoms with Gasteiger partial charge in [0, 0.05) is 5.39 Å². The third-order valence-electron chi connectivity index (χ3n) is 3.59. The number of nitrogens with zero attached hydrogens (tertiary/aromatic N) is 1. The topological polar surface area (TPSA) is 68.0 Å². The number of nitrogens with one attached hydrogen (secondary N) is 1. The van der Waals surface area contributed by atoms with Crippen molar-refractivity contribution in [3.8, 4) is 0 Å². The van der Waals surface area contributed by atoms with Crippen molar-refractivity contribution in [2.45, 2.75) is 13.1 Å². The number of fused-ring (bicyclic) bond motifs is 1. The summed E-state index contributed by atoms with van der Waals surface area (Å²) in [5.74, 6) is -0.631. The Morgan fingerprint density at radius 2 is 1.88 bits per heavy atom. The fourth-order valence-electron chi connectivity index (χ4n) is 2.41. The van der Waals surface area contributed by atoms with Crippen molar-refractivity contribution < 1.29 is 18.0 Å². The van der Waals surface area contributed by atoms with Gasteiger partial charge in [0.25, 0.3) is 5.91 Å². The van der Waals surface area contributed by atoms with E-state index in [1.807, 2.05) is 0 Å². The molecule has 0 bridgehead atoms. The first-order chi connectivity index (χ1) is 12.1. The number of nitrogen functional groups attached to an aromatic ring is 1. The van der Waals surface area contributed by atoms with Gasteiger partial charge in [-0.2, -0.15) is 13.2 Å². The van der Waals surface area contributed by atoms with Crippen LogP contribution in [-0.4, -0.2) is 10.9 Å². The summed E-state index contributed by atoms with van der Waals surface area (Å²) in [4.78, 5) is 16.2. The summed E-state index contributed by atoms with van der Waals surface area (Å²) in [6, 6.07) is 5.59. The number of aryl methyl sites for hydroxylation is 1. The Balaban J connectivity index is 2.07. The monoisotopic (exact) mass is 419 g/mol. The number of thiophene rings is 1. The number of para-hydroxylation sites is 1. The number of amides is 1. The molecular weight excluding hydrogens is 410 g/mol. The maximum atomic E-state index is 12.9. The van der Waals surface area contributed by atoms with E-state index in [0.29, 0.717) is 5.39 Å². The molecule has 3 rings (SSSR count). The number of rotatable bonds is 2. The van der Waals surface area contributed by atoms with Crippen LogP contribution in [0, 0.1) is 6.92 Å². The van der Waals surface area contributed by atoms with Crippen molar-refractivity contribution in [2.24, 2.45) is 0 Å². The Morgan fingerprint density at radius 3 is 2.46 bits per heavy atom. The van der Waals surface area contributed by atoms with Crippen molar-refractivity contribution in [1.82, 2.24) is 4.98 Å². The molecule has 3 aromatic rings. The first-order valence-corrected chi connectivity index (χ1v) is 8.69.